The van der Waals surface area contributed by atoms with Crippen LogP contribution in [0, 0.1) is 0 Å². The fourth-order valence-corrected chi connectivity index (χ4v) is 3.13. The van der Waals surface area contributed by atoms with Crippen molar-refractivity contribution in [3.05, 3.63) is 35.9 Å². The van der Waals surface area contributed by atoms with Gasteiger partial charge in [0.1, 0.15) is 5.60 Å². The number of nitrogens with one attached hydrogen (secondary N) is 2. The summed E-state index contributed by atoms with van der Waals surface area (Å²) < 4.78 is 5.16. The Kier molecular flexibility index (Phi) is 8.10. The molecule has 0 bridgehead atoms. The Morgan fingerprint density at radius 1 is 1.15 bits per heavy atom. The van der Waals surface area contributed by atoms with Crippen LogP contribution in [0.3, 0.4) is 0 Å². The van der Waals surface area contributed by atoms with Gasteiger partial charge in [-0.3, -0.25) is 9.69 Å². The van der Waals surface area contributed by atoms with Crippen LogP contribution in [0.15, 0.2) is 30.3 Å². The Balaban J connectivity index is 1.56. The molecule has 6 heteroatoms. The molecule has 1 aliphatic heterocycles. The van der Waals surface area contributed by atoms with E-state index in [0.29, 0.717) is 19.4 Å². The van der Waals surface area contributed by atoms with Crippen molar-refractivity contribution < 1.29 is 14.3 Å². The molecule has 0 radical (unpaired) electrons. The molecule has 0 unspecified atom stereocenters. The molecule has 1 aromatic rings. The second-order valence-electron chi connectivity index (χ2n) is 8.14. The van der Waals surface area contributed by atoms with Gasteiger partial charge >= 0.3 is 6.09 Å². The molecule has 0 aliphatic carbocycles. The molecule has 1 fully saturated rings. The van der Waals surface area contributed by atoms with Gasteiger partial charge in [-0.15, -0.1) is 0 Å². The molecule has 1 aromatic carbocycles. The first-order valence-electron chi connectivity index (χ1n) is 9.84. The minimum atomic E-state index is -0.503. The Bertz CT molecular complexity index is 590. The highest BCUT2D eigenvalue weighted by molar-refractivity contribution is 5.76. The van der Waals surface area contributed by atoms with Crippen molar-refractivity contribution in [2.45, 2.75) is 64.6 Å². The highest BCUT2D eigenvalue weighted by Crippen LogP contribution is 2.14. The summed E-state index contributed by atoms with van der Waals surface area (Å²) in [5, 5.41) is 5.80. The maximum absolute atomic E-state index is 12.1. The third-order valence-corrected chi connectivity index (χ3v) is 4.45. The van der Waals surface area contributed by atoms with E-state index in [-0.39, 0.29) is 11.9 Å². The van der Waals surface area contributed by atoms with E-state index in [1.807, 2.05) is 26.8 Å². The number of carbonyl (C=O) groups is 2. The van der Waals surface area contributed by atoms with Gasteiger partial charge in [-0.1, -0.05) is 30.3 Å². The zero-order valence-corrected chi connectivity index (χ0v) is 16.8. The molecule has 0 spiro atoms. The van der Waals surface area contributed by atoms with Gasteiger partial charge in [0.25, 0.3) is 0 Å². The molecule has 1 saturated heterocycles. The average Bonchev–Trinajstić information content (AvgIpc) is 2.60. The van der Waals surface area contributed by atoms with Gasteiger partial charge in [0.05, 0.1) is 0 Å². The minimum absolute atomic E-state index is 0.0579. The SMILES string of the molecule is CC(C)(C)OC(=O)NCCCC(=O)NC1CCN(Cc2ccccc2)CC1. The minimum Gasteiger partial charge on any atom is -0.444 e. The van der Waals surface area contributed by atoms with Gasteiger partial charge in [-0.05, 0) is 45.6 Å². The van der Waals surface area contributed by atoms with E-state index in [0.717, 1.165) is 32.5 Å². The predicted molar refractivity (Wildman–Crippen MR) is 106 cm³/mol. The van der Waals surface area contributed by atoms with Gasteiger partial charge in [-0.2, -0.15) is 0 Å². The lowest BCUT2D eigenvalue weighted by molar-refractivity contribution is -0.122. The number of carbonyl (C=O) groups excluding carboxylic acids is 2. The lowest BCUT2D eigenvalue weighted by atomic mass is 10.0. The molecule has 6 nitrogen and oxygen atoms in total. The number of piperidine rings is 1. The van der Waals surface area contributed by atoms with E-state index in [1.54, 1.807) is 0 Å². The van der Waals surface area contributed by atoms with Crippen LogP contribution < -0.4 is 10.6 Å². The Hall–Kier alpha value is -2.08. The maximum Gasteiger partial charge on any atom is 0.407 e. The number of hydrogen-bond acceptors (Lipinski definition) is 4. The van der Waals surface area contributed by atoms with E-state index < -0.39 is 11.7 Å². The molecule has 150 valence electrons. The zero-order valence-electron chi connectivity index (χ0n) is 16.8. The van der Waals surface area contributed by atoms with E-state index in [9.17, 15) is 9.59 Å². The molecule has 2 amide bonds. The summed E-state index contributed by atoms with van der Waals surface area (Å²) in [5.74, 6) is 0.0579. The van der Waals surface area contributed by atoms with Crippen LogP contribution in [0.25, 0.3) is 0 Å². The highest BCUT2D eigenvalue weighted by atomic mass is 16.6. The smallest absolute Gasteiger partial charge is 0.407 e. The maximum atomic E-state index is 12.1. The van der Waals surface area contributed by atoms with Crippen molar-refractivity contribution in [1.29, 1.82) is 0 Å². The standard InChI is InChI=1S/C21H33N3O3/c1-21(2,3)27-20(26)22-13-7-10-19(25)23-18-11-14-24(15-12-18)16-17-8-5-4-6-9-17/h4-6,8-9,18H,7,10-16H2,1-3H3,(H,22,26)(H,23,25). The van der Waals surface area contributed by atoms with Crippen molar-refractivity contribution in [3.63, 3.8) is 0 Å². The summed E-state index contributed by atoms with van der Waals surface area (Å²) in [5.41, 5.74) is 0.828. The van der Waals surface area contributed by atoms with Crippen molar-refractivity contribution in [2.24, 2.45) is 0 Å². The molecule has 2 rings (SSSR count). The van der Waals surface area contributed by atoms with Crippen molar-refractivity contribution in [2.75, 3.05) is 19.6 Å². The van der Waals surface area contributed by atoms with Crippen LogP contribution in [0.4, 0.5) is 4.79 Å². The second kappa shape index (κ2) is 10.3. The Labute approximate surface area is 162 Å². The molecule has 1 heterocycles. The summed E-state index contributed by atoms with van der Waals surface area (Å²) in [7, 11) is 0. The predicted octanol–water partition coefficient (Wildman–Crippen LogP) is 3.07. The van der Waals surface area contributed by atoms with Gasteiger partial charge in [0.15, 0.2) is 0 Å². The van der Waals surface area contributed by atoms with Crippen LogP contribution in [0.1, 0.15) is 52.0 Å². The molecule has 2 N–H and O–H groups in total. The summed E-state index contributed by atoms with van der Waals surface area (Å²) in [6.07, 6.45) is 2.55. The lowest BCUT2D eigenvalue weighted by Crippen LogP contribution is -2.44. The third kappa shape index (κ3) is 8.91. The molecule has 0 atom stereocenters. The van der Waals surface area contributed by atoms with E-state index in [1.165, 1.54) is 5.56 Å². The van der Waals surface area contributed by atoms with Crippen LogP contribution >= 0.6 is 0 Å². The van der Waals surface area contributed by atoms with Crippen molar-refractivity contribution in [1.82, 2.24) is 15.5 Å². The fraction of sp³-hybridized carbons (Fsp3) is 0.619. The van der Waals surface area contributed by atoms with Crippen LogP contribution in [-0.2, 0) is 16.1 Å². The quantitative estimate of drug-likeness (QED) is 0.719. The Morgan fingerprint density at radius 2 is 1.81 bits per heavy atom. The average molecular weight is 376 g/mol. The largest absolute Gasteiger partial charge is 0.444 e. The molecule has 27 heavy (non-hydrogen) atoms. The Morgan fingerprint density at radius 3 is 2.44 bits per heavy atom. The number of nitrogens with zero attached hydrogens (tertiary/aromatic N) is 1. The summed E-state index contributed by atoms with van der Waals surface area (Å²) in [6.45, 7) is 8.89. The number of ether oxygens (including phenoxy) is 1. The van der Waals surface area contributed by atoms with Crippen molar-refractivity contribution >= 4 is 12.0 Å². The fourth-order valence-electron chi connectivity index (χ4n) is 3.13. The van der Waals surface area contributed by atoms with E-state index >= 15 is 0 Å². The molecule has 0 saturated carbocycles. The van der Waals surface area contributed by atoms with E-state index in [4.69, 9.17) is 4.74 Å². The molecular formula is C21H33N3O3. The molecular weight excluding hydrogens is 342 g/mol. The first kappa shape index (κ1) is 21.2. The van der Waals surface area contributed by atoms with Gasteiger partial charge in [0.2, 0.25) is 5.91 Å². The number of hydrogen-bond donors (Lipinski definition) is 2. The summed E-state index contributed by atoms with van der Waals surface area (Å²) in [4.78, 5) is 26.1. The number of rotatable bonds is 7. The number of likely N-dealkylation sites (tertiary alicyclic amines) is 1. The zero-order chi connectivity index (χ0) is 19.7. The van der Waals surface area contributed by atoms with Crippen LogP contribution in [0.5, 0.6) is 0 Å². The number of alkyl carbamates (subject to hydrolysis) is 1. The summed E-state index contributed by atoms with van der Waals surface area (Å²) in [6, 6.07) is 10.7. The van der Waals surface area contributed by atoms with Crippen LogP contribution in [-0.4, -0.2) is 48.2 Å². The topological polar surface area (TPSA) is 70.7 Å². The van der Waals surface area contributed by atoms with Gasteiger partial charge < -0.3 is 15.4 Å². The first-order chi connectivity index (χ1) is 12.8. The van der Waals surface area contributed by atoms with Crippen molar-refractivity contribution in [3.8, 4) is 0 Å². The number of amides is 2. The lowest BCUT2D eigenvalue weighted by Gasteiger charge is -2.32. The summed E-state index contributed by atoms with van der Waals surface area (Å²) >= 11 is 0. The number of benzene rings is 1. The second-order valence-corrected chi connectivity index (χ2v) is 8.14. The van der Waals surface area contributed by atoms with Crippen LogP contribution in [0.2, 0.25) is 0 Å². The van der Waals surface area contributed by atoms with E-state index in [2.05, 4.69) is 39.8 Å². The monoisotopic (exact) mass is 375 g/mol. The first-order valence-corrected chi connectivity index (χ1v) is 9.84. The molecule has 0 aromatic heterocycles. The molecule has 1 aliphatic rings. The van der Waals surface area contributed by atoms with Gasteiger partial charge in [0, 0.05) is 38.6 Å². The highest BCUT2D eigenvalue weighted by Gasteiger charge is 2.20. The normalized spacial score (nSPS) is 16.0. The van der Waals surface area contributed by atoms with Gasteiger partial charge in [-0.25, -0.2) is 4.79 Å². The third-order valence-electron chi connectivity index (χ3n) is 4.45.